The fourth-order valence-electron chi connectivity index (χ4n) is 4.10. The number of aliphatic imine (C=N–C) groups is 1. The first-order valence-electron chi connectivity index (χ1n) is 11.4. The summed E-state index contributed by atoms with van der Waals surface area (Å²) in [6, 6.07) is 6.10. The SMILES string of the molecule is CCNC(=NCCCc1cc2c(OC)cc(OC)cc2[nH]1)N(C)CCC1CCOCC1. The molecule has 31 heavy (non-hydrogen) atoms. The van der Waals surface area contributed by atoms with Crippen molar-refractivity contribution >= 4 is 16.9 Å². The highest BCUT2D eigenvalue weighted by molar-refractivity contribution is 5.88. The smallest absolute Gasteiger partial charge is 0.193 e. The minimum atomic E-state index is 0.775. The lowest BCUT2D eigenvalue weighted by Gasteiger charge is -2.26. The van der Waals surface area contributed by atoms with Crippen LogP contribution in [0, 0.1) is 5.92 Å². The van der Waals surface area contributed by atoms with Gasteiger partial charge in [0.1, 0.15) is 11.5 Å². The van der Waals surface area contributed by atoms with Gasteiger partial charge in [-0.1, -0.05) is 0 Å². The summed E-state index contributed by atoms with van der Waals surface area (Å²) >= 11 is 0. The third kappa shape index (κ3) is 6.53. The number of hydrogen-bond donors (Lipinski definition) is 2. The quantitative estimate of drug-likeness (QED) is 0.341. The van der Waals surface area contributed by atoms with Gasteiger partial charge in [0, 0.05) is 63.1 Å². The lowest BCUT2D eigenvalue weighted by Crippen LogP contribution is -2.40. The van der Waals surface area contributed by atoms with Gasteiger partial charge < -0.3 is 29.4 Å². The maximum Gasteiger partial charge on any atom is 0.193 e. The van der Waals surface area contributed by atoms with E-state index < -0.39 is 0 Å². The van der Waals surface area contributed by atoms with Crippen LogP contribution in [0.3, 0.4) is 0 Å². The van der Waals surface area contributed by atoms with E-state index in [4.69, 9.17) is 19.2 Å². The molecule has 0 radical (unpaired) electrons. The lowest BCUT2D eigenvalue weighted by atomic mass is 9.96. The molecule has 0 bridgehead atoms. The summed E-state index contributed by atoms with van der Waals surface area (Å²) in [5.74, 6) is 3.39. The molecule has 0 atom stereocenters. The van der Waals surface area contributed by atoms with Crippen molar-refractivity contribution in [1.29, 1.82) is 0 Å². The molecule has 1 aromatic carbocycles. The summed E-state index contributed by atoms with van der Waals surface area (Å²) in [5, 5.41) is 4.52. The predicted molar refractivity (Wildman–Crippen MR) is 126 cm³/mol. The molecule has 0 aliphatic carbocycles. The first-order chi connectivity index (χ1) is 15.1. The monoisotopic (exact) mass is 430 g/mol. The number of nitrogens with one attached hydrogen (secondary N) is 2. The highest BCUT2D eigenvalue weighted by Gasteiger charge is 2.15. The molecule has 0 saturated carbocycles. The number of fused-ring (bicyclic) bond motifs is 1. The third-order valence-corrected chi connectivity index (χ3v) is 5.96. The molecule has 2 aromatic rings. The zero-order valence-corrected chi connectivity index (χ0v) is 19.5. The topological polar surface area (TPSA) is 71.1 Å². The van der Waals surface area contributed by atoms with Crippen LogP contribution in [-0.2, 0) is 11.2 Å². The zero-order chi connectivity index (χ0) is 22.1. The molecule has 7 heteroatoms. The van der Waals surface area contributed by atoms with Crippen LogP contribution < -0.4 is 14.8 Å². The van der Waals surface area contributed by atoms with Gasteiger partial charge in [0.05, 0.1) is 19.7 Å². The largest absolute Gasteiger partial charge is 0.497 e. The molecule has 172 valence electrons. The fourth-order valence-corrected chi connectivity index (χ4v) is 4.10. The van der Waals surface area contributed by atoms with Gasteiger partial charge in [0.15, 0.2) is 5.96 Å². The summed E-state index contributed by atoms with van der Waals surface area (Å²) in [6.45, 7) is 6.64. The minimum Gasteiger partial charge on any atom is -0.497 e. The normalized spacial score (nSPS) is 15.3. The Bertz CT molecular complexity index is 843. The molecule has 1 aromatic heterocycles. The Labute approximate surface area is 186 Å². The van der Waals surface area contributed by atoms with Crippen molar-refractivity contribution in [2.45, 2.75) is 39.0 Å². The molecule has 7 nitrogen and oxygen atoms in total. The van der Waals surface area contributed by atoms with Crippen molar-refractivity contribution in [2.24, 2.45) is 10.9 Å². The van der Waals surface area contributed by atoms with Crippen molar-refractivity contribution in [3.63, 3.8) is 0 Å². The van der Waals surface area contributed by atoms with Gasteiger partial charge in [0.2, 0.25) is 0 Å². The van der Waals surface area contributed by atoms with Crippen LogP contribution >= 0.6 is 0 Å². The van der Waals surface area contributed by atoms with Gasteiger partial charge in [-0.15, -0.1) is 0 Å². The number of aromatic amines is 1. The van der Waals surface area contributed by atoms with E-state index in [1.165, 1.54) is 25.0 Å². The number of ether oxygens (including phenoxy) is 3. The summed E-state index contributed by atoms with van der Waals surface area (Å²) in [4.78, 5) is 10.6. The molecule has 1 saturated heterocycles. The number of benzene rings is 1. The summed E-state index contributed by atoms with van der Waals surface area (Å²) in [7, 11) is 5.50. The molecular weight excluding hydrogens is 392 g/mol. The van der Waals surface area contributed by atoms with Crippen molar-refractivity contribution in [3.05, 3.63) is 23.9 Å². The molecular formula is C24H38N4O3. The molecule has 0 spiro atoms. The number of aryl methyl sites for hydroxylation is 1. The number of hydrogen-bond acceptors (Lipinski definition) is 4. The van der Waals surface area contributed by atoms with Crippen molar-refractivity contribution in [3.8, 4) is 11.5 Å². The molecule has 1 fully saturated rings. The highest BCUT2D eigenvalue weighted by atomic mass is 16.5. The highest BCUT2D eigenvalue weighted by Crippen LogP contribution is 2.31. The van der Waals surface area contributed by atoms with Gasteiger partial charge in [-0.2, -0.15) is 0 Å². The van der Waals surface area contributed by atoms with Gasteiger partial charge in [-0.05, 0) is 51.0 Å². The van der Waals surface area contributed by atoms with Crippen molar-refractivity contribution in [1.82, 2.24) is 15.2 Å². The zero-order valence-electron chi connectivity index (χ0n) is 19.5. The first-order valence-corrected chi connectivity index (χ1v) is 11.4. The van der Waals surface area contributed by atoms with E-state index in [0.717, 1.165) is 80.0 Å². The molecule has 2 N–H and O–H groups in total. The van der Waals surface area contributed by atoms with E-state index in [2.05, 4.69) is 35.2 Å². The molecule has 0 unspecified atom stereocenters. The number of nitrogens with zero attached hydrogens (tertiary/aromatic N) is 2. The number of rotatable bonds is 10. The Morgan fingerprint density at radius 2 is 2.03 bits per heavy atom. The van der Waals surface area contributed by atoms with Crippen LogP contribution in [0.2, 0.25) is 0 Å². The average molecular weight is 431 g/mol. The van der Waals surface area contributed by atoms with Crippen LogP contribution in [0.25, 0.3) is 10.9 Å². The maximum atomic E-state index is 5.52. The van der Waals surface area contributed by atoms with E-state index in [0.29, 0.717) is 0 Å². The maximum absolute atomic E-state index is 5.52. The van der Waals surface area contributed by atoms with Gasteiger partial charge in [-0.25, -0.2) is 0 Å². The number of H-pyrrole nitrogens is 1. The van der Waals surface area contributed by atoms with Crippen LogP contribution in [-0.4, -0.2) is 70.0 Å². The summed E-state index contributed by atoms with van der Waals surface area (Å²) in [6.07, 6.45) is 5.49. The standard InChI is InChI=1S/C24H38N4O3/c1-5-25-24(28(2)12-8-18-9-13-31-14-10-18)26-11-6-7-19-15-21-22(27-19)16-20(29-3)17-23(21)30-4/h15-18,27H,5-14H2,1-4H3,(H,25,26). The van der Waals surface area contributed by atoms with Crippen molar-refractivity contribution in [2.75, 3.05) is 54.1 Å². The average Bonchev–Trinajstić information content (AvgIpc) is 3.22. The van der Waals surface area contributed by atoms with Crippen molar-refractivity contribution < 1.29 is 14.2 Å². The Morgan fingerprint density at radius 1 is 1.23 bits per heavy atom. The summed E-state index contributed by atoms with van der Waals surface area (Å²) in [5.41, 5.74) is 2.23. The van der Waals surface area contributed by atoms with E-state index in [9.17, 15) is 0 Å². The number of methoxy groups -OCH3 is 2. The predicted octanol–water partition coefficient (Wildman–Crippen LogP) is 3.83. The van der Waals surface area contributed by atoms with E-state index >= 15 is 0 Å². The molecule has 2 heterocycles. The summed E-state index contributed by atoms with van der Waals surface area (Å²) < 4.78 is 16.4. The lowest BCUT2D eigenvalue weighted by molar-refractivity contribution is 0.0625. The van der Waals surface area contributed by atoms with Gasteiger partial charge in [-0.3, -0.25) is 4.99 Å². The van der Waals surface area contributed by atoms with E-state index in [1.807, 2.05) is 12.1 Å². The van der Waals surface area contributed by atoms with Crippen LogP contribution in [0.15, 0.2) is 23.2 Å². The second-order valence-electron chi connectivity index (χ2n) is 8.19. The minimum absolute atomic E-state index is 0.775. The van der Waals surface area contributed by atoms with E-state index in [-0.39, 0.29) is 0 Å². The molecule has 3 rings (SSSR count). The second kappa shape index (κ2) is 11.8. The van der Waals surface area contributed by atoms with Gasteiger partial charge in [0.25, 0.3) is 0 Å². The van der Waals surface area contributed by atoms with Crippen LogP contribution in [0.4, 0.5) is 0 Å². The van der Waals surface area contributed by atoms with Crippen LogP contribution in [0.5, 0.6) is 11.5 Å². The third-order valence-electron chi connectivity index (χ3n) is 5.96. The second-order valence-corrected chi connectivity index (χ2v) is 8.19. The number of aromatic nitrogens is 1. The Morgan fingerprint density at radius 3 is 2.74 bits per heavy atom. The van der Waals surface area contributed by atoms with Crippen LogP contribution in [0.1, 0.15) is 38.3 Å². The molecule has 0 amide bonds. The first kappa shape index (κ1) is 23.3. The molecule has 1 aliphatic heterocycles. The fraction of sp³-hybridized carbons (Fsp3) is 0.625. The van der Waals surface area contributed by atoms with E-state index in [1.54, 1.807) is 14.2 Å². The Hall–Kier alpha value is -2.41. The molecule has 1 aliphatic rings. The number of guanidine groups is 1. The Balaban J connectivity index is 1.53. The van der Waals surface area contributed by atoms with Gasteiger partial charge >= 0.3 is 0 Å². The Kier molecular flexibility index (Phi) is 8.88.